The lowest BCUT2D eigenvalue weighted by Crippen LogP contribution is -2.21. The molecule has 1 atom stereocenters. The first-order chi connectivity index (χ1) is 10.0. The maximum Gasteiger partial charge on any atom is 0.238 e. The Morgan fingerprint density at radius 1 is 1.29 bits per heavy atom. The summed E-state index contributed by atoms with van der Waals surface area (Å²) in [6.45, 7) is 2.72. The molecule has 0 unspecified atom stereocenters. The highest BCUT2D eigenvalue weighted by Crippen LogP contribution is 2.20. The summed E-state index contributed by atoms with van der Waals surface area (Å²) in [5.41, 5.74) is 1.99. The molecule has 2 rings (SSSR count). The lowest BCUT2D eigenvalue weighted by Gasteiger charge is -2.18. The highest BCUT2D eigenvalue weighted by atomic mass is 32.2. The lowest BCUT2D eigenvalue weighted by molar-refractivity contribution is 0.517. The van der Waals surface area contributed by atoms with Gasteiger partial charge in [0.1, 0.15) is 0 Å². The standard InChI is InChI=1S/C15H19N3O2S/c1-2-15(18-11-12-5-4-8-17-10-12)13-6-3-7-14(9-13)21(16,19)20/h3-10,15,18H,2,11H2,1H3,(H2,16,19,20)/t15-/m0/s1. The van der Waals surface area contributed by atoms with Gasteiger partial charge in [-0.15, -0.1) is 0 Å². The molecule has 112 valence electrons. The van der Waals surface area contributed by atoms with E-state index in [2.05, 4.69) is 10.3 Å². The maximum absolute atomic E-state index is 11.4. The number of pyridine rings is 1. The fraction of sp³-hybridized carbons (Fsp3) is 0.267. The number of nitrogens with one attached hydrogen (secondary N) is 1. The van der Waals surface area contributed by atoms with Crippen molar-refractivity contribution < 1.29 is 8.42 Å². The summed E-state index contributed by atoms with van der Waals surface area (Å²) >= 11 is 0. The van der Waals surface area contributed by atoms with Crippen molar-refractivity contribution in [2.45, 2.75) is 30.8 Å². The van der Waals surface area contributed by atoms with Gasteiger partial charge in [-0.1, -0.05) is 25.1 Å². The molecule has 0 spiro atoms. The van der Waals surface area contributed by atoms with Crippen molar-refractivity contribution in [3.8, 4) is 0 Å². The van der Waals surface area contributed by atoms with E-state index in [4.69, 9.17) is 5.14 Å². The first kappa shape index (κ1) is 15.6. The van der Waals surface area contributed by atoms with E-state index in [1.54, 1.807) is 24.5 Å². The van der Waals surface area contributed by atoms with Crippen molar-refractivity contribution in [2.24, 2.45) is 5.14 Å². The number of nitrogens with two attached hydrogens (primary N) is 1. The Morgan fingerprint density at radius 2 is 2.10 bits per heavy atom. The number of benzene rings is 1. The fourth-order valence-corrected chi connectivity index (χ4v) is 2.72. The van der Waals surface area contributed by atoms with Crippen LogP contribution in [0.5, 0.6) is 0 Å². The molecule has 6 heteroatoms. The van der Waals surface area contributed by atoms with Crippen LogP contribution < -0.4 is 10.5 Å². The van der Waals surface area contributed by atoms with Crippen LogP contribution in [0.3, 0.4) is 0 Å². The van der Waals surface area contributed by atoms with Gasteiger partial charge in [-0.25, -0.2) is 13.6 Å². The van der Waals surface area contributed by atoms with Gasteiger partial charge in [0.25, 0.3) is 0 Å². The molecular formula is C15H19N3O2S. The van der Waals surface area contributed by atoms with E-state index in [1.807, 2.05) is 25.1 Å². The average Bonchev–Trinajstić information content (AvgIpc) is 2.48. The van der Waals surface area contributed by atoms with Crippen LogP contribution in [0.25, 0.3) is 0 Å². The minimum absolute atomic E-state index is 0.0620. The number of primary sulfonamides is 1. The van der Waals surface area contributed by atoms with Crippen molar-refractivity contribution in [1.82, 2.24) is 10.3 Å². The summed E-state index contributed by atoms with van der Waals surface area (Å²) in [5.74, 6) is 0. The Balaban J connectivity index is 2.14. The van der Waals surface area contributed by atoms with Gasteiger partial charge in [-0.3, -0.25) is 4.98 Å². The second-order valence-corrected chi connectivity index (χ2v) is 6.38. The van der Waals surface area contributed by atoms with Crippen molar-refractivity contribution in [2.75, 3.05) is 0 Å². The molecule has 21 heavy (non-hydrogen) atoms. The Hall–Kier alpha value is -1.76. The molecule has 1 aromatic carbocycles. The topological polar surface area (TPSA) is 85.1 Å². The van der Waals surface area contributed by atoms with E-state index < -0.39 is 10.0 Å². The highest BCUT2D eigenvalue weighted by molar-refractivity contribution is 7.89. The minimum Gasteiger partial charge on any atom is -0.306 e. The summed E-state index contributed by atoms with van der Waals surface area (Å²) in [4.78, 5) is 4.21. The number of sulfonamides is 1. The van der Waals surface area contributed by atoms with E-state index in [1.165, 1.54) is 6.07 Å². The molecule has 0 amide bonds. The third kappa shape index (κ3) is 4.35. The third-order valence-electron chi connectivity index (χ3n) is 3.27. The molecule has 0 radical (unpaired) electrons. The van der Waals surface area contributed by atoms with Crippen LogP contribution in [0.2, 0.25) is 0 Å². The van der Waals surface area contributed by atoms with Gasteiger partial charge in [0, 0.05) is 25.0 Å². The van der Waals surface area contributed by atoms with E-state index >= 15 is 0 Å². The van der Waals surface area contributed by atoms with E-state index in [0.717, 1.165) is 17.5 Å². The molecule has 0 fully saturated rings. The van der Waals surface area contributed by atoms with Gasteiger partial charge in [0.15, 0.2) is 0 Å². The van der Waals surface area contributed by atoms with Crippen LogP contribution in [0, 0.1) is 0 Å². The number of aromatic nitrogens is 1. The predicted octanol–water partition coefficient (Wildman–Crippen LogP) is 1.97. The highest BCUT2D eigenvalue weighted by Gasteiger charge is 2.13. The molecule has 3 N–H and O–H groups in total. The van der Waals surface area contributed by atoms with Crippen LogP contribution in [0.15, 0.2) is 53.7 Å². The van der Waals surface area contributed by atoms with Gasteiger partial charge in [0.05, 0.1) is 4.90 Å². The predicted molar refractivity (Wildman–Crippen MR) is 81.9 cm³/mol. The van der Waals surface area contributed by atoms with Crippen LogP contribution in [-0.2, 0) is 16.6 Å². The largest absolute Gasteiger partial charge is 0.306 e. The molecule has 5 nitrogen and oxygen atoms in total. The van der Waals surface area contributed by atoms with Crippen molar-refractivity contribution >= 4 is 10.0 Å². The Bertz CT molecular complexity index is 687. The average molecular weight is 305 g/mol. The van der Waals surface area contributed by atoms with Gasteiger partial charge < -0.3 is 5.32 Å². The molecule has 1 heterocycles. The fourth-order valence-electron chi connectivity index (χ4n) is 2.15. The Morgan fingerprint density at radius 3 is 2.71 bits per heavy atom. The zero-order valence-electron chi connectivity index (χ0n) is 11.9. The van der Waals surface area contributed by atoms with Gasteiger partial charge >= 0.3 is 0 Å². The third-order valence-corrected chi connectivity index (χ3v) is 4.18. The van der Waals surface area contributed by atoms with Crippen LogP contribution in [0.4, 0.5) is 0 Å². The van der Waals surface area contributed by atoms with E-state index in [9.17, 15) is 8.42 Å². The van der Waals surface area contributed by atoms with Crippen molar-refractivity contribution in [3.05, 3.63) is 59.9 Å². The van der Waals surface area contributed by atoms with Crippen molar-refractivity contribution in [1.29, 1.82) is 0 Å². The molecular weight excluding hydrogens is 286 g/mol. The van der Waals surface area contributed by atoms with Gasteiger partial charge in [0.2, 0.25) is 10.0 Å². The zero-order valence-corrected chi connectivity index (χ0v) is 12.7. The molecule has 0 aliphatic rings. The molecule has 0 aliphatic carbocycles. The lowest BCUT2D eigenvalue weighted by atomic mass is 10.0. The number of hydrogen-bond donors (Lipinski definition) is 2. The summed E-state index contributed by atoms with van der Waals surface area (Å²) in [5, 5.41) is 8.58. The second kappa shape index (κ2) is 6.80. The van der Waals surface area contributed by atoms with E-state index in [-0.39, 0.29) is 10.9 Å². The smallest absolute Gasteiger partial charge is 0.238 e. The zero-order chi connectivity index (χ0) is 15.3. The van der Waals surface area contributed by atoms with Crippen molar-refractivity contribution in [3.63, 3.8) is 0 Å². The SMILES string of the molecule is CC[C@H](NCc1cccnc1)c1cccc(S(N)(=O)=O)c1. The van der Waals surface area contributed by atoms with E-state index in [0.29, 0.717) is 6.54 Å². The molecule has 0 saturated carbocycles. The van der Waals surface area contributed by atoms with Gasteiger partial charge in [-0.2, -0.15) is 0 Å². The van der Waals surface area contributed by atoms with Crippen LogP contribution in [0.1, 0.15) is 30.5 Å². The molecule has 0 bridgehead atoms. The summed E-state index contributed by atoms with van der Waals surface area (Å²) in [6.07, 6.45) is 4.38. The summed E-state index contributed by atoms with van der Waals surface area (Å²) < 4.78 is 22.8. The Kier molecular flexibility index (Phi) is 5.06. The van der Waals surface area contributed by atoms with Crippen LogP contribution >= 0.6 is 0 Å². The molecule has 0 aliphatic heterocycles. The minimum atomic E-state index is -3.67. The normalized spacial score (nSPS) is 13.0. The monoisotopic (exact) mass is 305 g/mol. The summed E-state index contributed by atoms with van der Waals surface area (Å²) in [7, 11) is -3.67. The Labute approximate surface area is 125 Å². The first-order valence-electron chi connectivity index (χ1n) is 6.75. The molecule has 1 aromatic heterocycles. The summed E-state index contributed by atoms with van der Waals surface area (Å²) in [6, 6.07) is 10.7. The quantitative estimate of drug-likeness (QED) is 0.854. The number of rotatable bonds is 6. The molecule has 0 saturated heterocycles. The number of hydrogen-bond acceptors (Lipinski definition) is 4. The first-order valence-corrected chi connectivity index (χ1v) is 8.30. The van der Waals surface area contributed by atoms with Crippen LogP contribution in [-0.4, -0.2) is 13.4 Å². The molecule has 2 aromatic rings. The van der Waals surface area contributed by atoms with Gasteiger partial charge in [-0.05, 0) is 35.7 Å². The number of nitrogens with zero attached hydrogens (tertiary/aromatic N) is 1. The maximum atomic E-state index is 11.4. The second-order valence-electron chi connectivity index (χ2n) is 4.82.